The highest BCUT2D eigenvalue weighted by molar-refractivity contribution is 6.11. The van der Waals surface area contributed by atoms with Crippen molar-refractivity contribution in [3.8, 4) is 39.6 Å². The summed E-state index contributed by atoms with van der Waals surface area (Å²) in [6.07, 6.45) is 12.7. The number of benzene rings is 5. The van der Waals surface area contributed by atoms with Crippen molar-refractivity contribution in [1.82, 2.24) is 19.5 Å². The molecule has 2 aliphatic rings. The van der Waals surface area contributed by atoms with Gasteiger partial charge in [0.25, 0.3) is 0 Å². The van der Waals surface area contributed by atoms with Gasteiger partial charge in [-0.3, -0.25) is 0 Å². The average molecular weight is 619 g/mol. The van der Waals surface area contributed by atoms with Crippen molar-refractivity contribution < 1.29 is 0 Å². The van der Waals surface area contributed by atoms with E-state index in [1.165, 1.54) is 44.1 Å². The summed E-state index contributed by atoms with van der Waals surface area (Å²) < 4.78 is 2.40. The molecule has 0 radical (unpaired) electrons. The molecule has 0 amide bonds. The fourth-order valence-electron chi connectivity index (χ4n) is 7.45. The lowest BCUT2D eigenvalue weighted by Crippen LogP contribution is -2.14. The van der Waals surface area contributed by atoms with Crippen LogP contribution >= 0.6 is 0 Å². The van der Waals surface area contributed by atoms with E-state index < -0.39 is 0 Å². The molecule has 48 heavy (non-hydrogen) atoms. The van der Waals surface area contributed by atoms with Crippen LogP contribution < -0.4 is 0 Å². The molecule has 5 aromatic carbocycles. The SMILES string of the molecule is CC1(C)c2ccccc2-c2cc3c4ccccc4n(-c4cccc(-c5nc(C6=C/C=C\CCC=C6)nc(-c6ccccc6)n5)c4)c3cc21. The molecule has 7 aromatic rings. The summed E-state index contributed by atoms with van der Waals surface area (Å²) in [6.45, 7) is 4.69. The number of para-hydroxylation sites is 1. The Bertz CT molecular complexity index is 2480. The Kier molecular flexibility index (Phi) is 6.58. The summed E-state index contributed by atoms with van der Waals surface area (Å²) in [4.78, 5) is 15.1. The second kappa shape index (κ2) is 11.1. The van der Waals surface area contributed by atoms with Gasteiger partial charge in [0.1, 0.15) is 0 Å². The molecular formula is C44H34N4. The van der Waals surface area contributed by atoms with Gasteiger partial charge in [0.05, 0.1) is 11.0 Å². The Hall–Kier alpha value is -5.87. The Balaban J connectivity index is 1.25. The maximum absolute atomic E-state index is 5.08. The topological polar surface area (TPSA) is 43.6 Å². The molecule has 0 unspecified atom stereocenters. The Morgan fingerprint density at radius 3 is 2.19 bits per heavy atom. The van der Waals surface area contributed by atoms with Crippen LogP contribution in [0.25, 0.3) is 67.0 Å². The van der Waals surface area contributed by atoms with Crippen LogP contribution in [-0.4, -0.2) is 19.5 Å². The second-order valence-corrected chi connectivity index (χ2v) is 13.2. The lowest BCUT2D eigenvalue weighted by Gasteiger charge is -2.21. The molecule has 0 aliphatic heterocycles. The normalized spacial score (nSPS) is 15.5. The van der Waals surface area contributed by atoms with Crippen molar-refractivity contribution >= 4 is 27.4 Å². The summed E-state index contributed by atoms with van der Waals surface area (Å²) in [5.74, 6) is 1.98. The van der Waals surface area contributed by atoms with Gasteiger partial charge in [-0.2, -0.15) is 0 Å². The van der Waals surface area contributed by atoms with Gasteiger partial charge in [0.2, 0.25) is 0 Å². The van der Waals surface area contributed by atoms with E-state index in [0.29, 0.717) is 17.5 Å². The molecular weight excluding hydrogens is 585 g/mol. The van der Waals surface area contributed by atoms with Gasteiger partial charge in [-0.1, -0.05) is 129 Å². The predicted molar refractivity (Wildman–Crippen MR) is 198 cm³/mol. The molecule has 0 N–H and O–H groups in total. The number of aromatic nitrogens is 4. The highest BCUT2D eigenvalue weighted by Crippen LogP contribution is 2.51. The van der Waals surface area contributed by atoms with Crippen LogP contribution in [0.15, 0.2) is 146 Å². The fraction of sp³-hybridized carbons (Fsp3) is 0.114. The van der Waals surface area contributed by atoms with Gasteiger partial charge in [-0.05, 0) is 65.4 Å². The van der Waals surface area contributed by atoms with Gasteiger partial charge in [0, 0.05) is 38.6 Å². The highest BCUT2D eigenvalue weighted by Gasteiger charge is 2.36. The van der Waals surface area contributed by atoms with Gasteiger partial charge >= 0.3 is 0 Å². The minimum Gasteiger partial charge on any atom is -0.309 e. The Morgan fingerprint density at radius 2 is 1.29 bits per heavy atom. The smallest absolute Gasteiger partial charge is 0.164 e. The van der Waals surface area contributed by atoms with Crippen molar-refractivity contribution in [2.75, 3.05) is 0 Å². The van der Waals surface area contributed by atoms with Gasteiger partial charge in [-0.25, -0.2) is 15.0 Å². The monoisotopic (exact) mass is 618 g/mol. The van der Waals surface area contributed by atoms with Crippen LogP contribution in [0, 0.1) is 0 Å². The van der Waals surface area contributed by atoms with Crippen LogP contribution in [0.1, 0.15) is 43.6 Å². The van der Waals surface area contributed by atoms with E-state index in [-0.39, 0.29) is 5.41 Å². The van der Waals surface area contributed by atoms with Crippen LogP contribution in [0.2, 0.25) is 0 Å². The standard InChI is InChI=1S/C44H34N4/c1-44(2)37-24-13-11-22-33(37)35-27-36-34-23-12-14-25-39(34)48(40(36)28-38(35)44)32-21-15-20-31(26-32)43-46-41(29-16-7-4-3-5-8-17-29)45-42(47-43)30-18-9-6-10-19-30/h4,6-28H,3,5H2,1-2H3/b7-4-,17-8?,29-16?. The molecule has 2 aromatic heterocycles. The number of allylic oxidation sites excluding steroid dienone is 6. The summed E-state index contributed by atoms with van der Waals surface area (Å²) in [7, 11) is 0. The number of nitrogens with zero attached hydrogens (tertiary/aromatic N) is 4. The number of fused-ring (bicyclic) bond motifs is 6. The van der Waals surface area contributed by atoms with Crippen LogP contribution in [0.4, 0.5) is 0 Å². The third kappa shape index (κ3) is 4.56. The van der Waals surface area contributed by atoms with E-state index in [2.05, 4.69) is 146 Å². The van der Waals surface area contributed by atoms with Gasteiger partial charge in [0.15, 0.2) is 17.5 Å². The summed E-state index contributed by atoms with van der Waals surface area (Å²) >= 11 is 0. The first-order valence-electron chi connectivity index (χ1n) is 16.7. The van der Waals surface area contributed by atoms with Crippen molar-refractivity contribution in [2.24, 2.45) is 0 Å². The average Bonchev–Trinajstić information content (AvgIpc) is 3.55. The van der Waals surface area contributed by atoms with Crippen LogP contribution in [0.3, 0.4) is 0 Å². The van der Waals surface area contributed by atoms with Gasteiger partial charge < -0.3 is 4.57 Å². The molecule has 0 fully saturated rings. The first kappa shape index (κ1) is 28.4. The Morgan fingerprint density at radius 1 is 0.562 bits per heavy atom. The Labute approximate surface area is 280 Å². The predicted octanol–water partition coefficient (Wildman–Crippen LogP) is 10.9. The third-order valence-corrected chi connectivity index (χ3v) is 9.87. The minimum absolute atomic E-state index is 0.0896. The van der Waals surface area contributed by atoms with E-state index in [0.717, 1.165) is 35.2 Å². The maximum Gasteiger partial charge on any atom is 0.164 e. The molecule has 4 nitrogen and oxygen atoms in total. The molecule has 0 atom stereocenters. The van der Waals surface area contributed by atoms with Crippen molar-refractivity contribution in [3.05, 3.63) is 163 Å². The van der Waals surface area contributed by atoms with Crippen LogP contribution in [-0.2, 0) is 5.41 Å². The molecule has 2 aliphatic carbocycles. The van der Waals surface area contributed by atoms with E-state index in [4.69, 9.17) is 15.0 Å². The van der Waals surface area contributed by atoms with E-state index >= 15 is 0 Å². The van der Waals surface area contributed by atoms with Crippen molar-refractivity contribution in [1.29, 1.82) is 0 Å². The molecule has 0 spiro atoms. The van der Waals surface area contributed by atoms with Crippen LogP contribution in [0.5, 0.6) is 0 Å². The number of rotatable bonds is 4. The van der Waals surface area contributed by atoms with Gasteiger partial charge in [-0.15, -0.1) is 0 Å². The molecule has 4 heteroatoms. The number of hydrogen-bond acceptors (Lipinski definition) is 3. The molecule has 0 saturated carbocycles. The zero-order chi connectivity index (χ0) is 32.2. The van der Waals surface area contributed by atoms with E-state index in [1.807, 2.05) is 18.2 Å². The first-order valence-corrected chi connectivity index (χ1v) is 16.7. The molecule has 230 valence electrons. The fourth-order valence-corrected chi connectivity index (χ4v) is 7.45. The molecule has 2 heterocycles. The van der Waals surface area contributed by atoms with Crippen molar-refractivity contribution in [2.45, 2.75) is 32.1 Å². The zero-order valence-corrected chi connectivity index (χ0v) is 27.1. The molecule has 0 saturated heterocycles. The summed E-state index contributed by atoms with van der Waals surface area (Å²) in [5.41, 5.74) is 11.7. The minimum atomic E-state index is -0.0896. The number of hydrogen-bond donors (Lipinski definition) is 0. The lowest BCUT2D eigenvalue weighted by atomic mass is 9.82. The maximum atomic E-state index is 5.08. The first-order chi connectivity index (χ1) is 23.6. The second-order valence-electron chi connectivity index (χ2n) is 13.2. The molecule has 0 bridgehead atoms. The lowest BCUT2D eigenvalue weighted by molar-refractivity contribution is 0.661. The summed E-state index contributed by atoms with van der Waals surface area (Å²) in [5, 5.41) is 2.50. The van der Waals surface area contributed by atoms with E-state index in [9.17, 15) is 0 Å². The molecule has 9 rings (SSSR count). The van der Waals surface area contributed by atoms with Crippen molar-refractivity contribution in [3.63, 3.8) is 0 Å². The van der Waals surface area contributed by atoms with E-state index in [1.54, 1.807) is 0 Å². The third-order valence-electron chi connectivity index (χ3n) is 9.87. The quantitative estimate of drug-likeness (QED) is 0.197. The highest BCUT2D eigenvalue weighted by atomic mass is 15.0. The summed E-state index contributed by atoms with van der Waals surface area (Å²) in [6, 6.07) is 41.2. The largest absolute Gasteiger partial charge is 0.309 e. The zero-order valence-electron chi connectivity index (χ0n) is 27.1.